The molecule has 0 aromatic rings. The lowest BCUT2D eigenvalue weighted by atomic mass is 10.0. The minimum Gasteiger partial charge on any atom is -0.381 e. The van der Waals surface area contributed by atoms with Crippen molar-refractivity contribution in [2.45, 2.75) is 83.9 Å². The van der Waals surface area contributed by atoms with Gasteiger partial charge >= 0.3 is 0 Å². The molecule has 2 fully saturated rings. The van der Waals surface area contributed by atoms with E-state index in [1.54, 1.807) is 0 Å². The lowest BCUT2D eigenvalue weighted by Gasteiger charge is -2.38. The van der Waals surface area contributed by atoms with Crippen LogP contribution in [0.1, 0.15) is 65.7 Å². The van der Waals surface area contributed by atoms with Crippen LogP contribution in [0.4, 0.5) is 0 Å². The van der Waals surface area contributed by atoms with Crippen molar-refractivity contribution in [3.05, 3.63) is 0 Å². The smallest absolute Gasteiger partial charge is 0.0600 e. The zero-order chi connectivity index (χ0) is 21.8. The first-order valence-corrected chi connectivity index (χ1v) is 12.5. The topological polar surface area (TPSA) is 40.2 Å². The maximum Gasteiger partial charge on any atom is 0.0600 e. The van der Waals surface area contributed by atoms with E-state index in [2.05, 4.69) is 55.1 Å². The first-order valence-electron chi connectivity index (χ1n) is 12.5. The minimum absolute atomic E-state index is 0.421. The third-order valence-electron chi connectivity index (χ3n) is 6.52. The summed E-state index contributed by atoms with van der Waals surface area (Å²) in [6.07, 6.45) is 8.72. The Hall–Kier alpha value is -0.240. The fourth-order valence-corrected chi connectivity index (χ4v) is 4.62. The molecule has 0 aliphatic carbocycles. The Kier molecular flexibility index (Phi) is 12.8. The first-order chi connectivity index (χ1) is 14.4. The fourth-order valence-electron chi connectivity index (χ4n) is 4.62. The predicted molar refractivity (Wildman–Crippen MR) is 126 cm³/mol. The van der Waals surface area contributed by atoms with Gasteiger partial charge in [-0.1, -0.05) is 13.8 Å². The van der Waals surface area contributed by atoms with Crippen molar-refractivity contribution in [3.63, 3.8) is 0 Å². The van der Waals surface area contributed by atoms with E-state index in [9.17, 15) is 0 Å². The molecule has 6 heteroatoms. The molecular weight excluding hydrogens is 376 g/mol. The number of likely N-dealkylation sites (tertiary alicyclic amines) is 1. The van der Waals surface area contributed by atoms with Crippen LogP contribution < -0.4 is 5.43 Å². The van der Waals surface area contributed by atoms with Gasteiger partial charge in [-0.15, -0.1) is 0 Å². The zero-order valence-corrected chi connectivity index (χ0v) is 20.6. The average Bonchev–Trinajstić information content (AvgIpc) is 2.71. The summed E-state index contributed by atoms with van der Waals surface area (Å²) in [7, 11) is 4.42. The molecule has 0 aromatic heterocycles. The van der Waals surface area contributed by atoms with Gasteiger partial charge in [0.1, 0.15) is 0 Å². The van der Waals surface area contributed by atoms with Crippen molar-refractivity contribution in [3.8, 4) is 0 Å². The summed E-state index contributed by atoms with van der Waals surface area (Å²) in [5, 5.41) is 2.41. The van der Waals surface area contributed by atoms with E-state index < -0.39 is 0 Å². The van der Waals surface area contributed by atoms with E-state index in [0.717, 1.165) is 70.7 Å². The predicted octanol–water partition coefficient (Wildman–Crippen LogP) is 3.23. The number of hydrogen-bond donors (Lipinski definition) is 1. The standard InChI is InChI=1S/C24H50N4O2/c1-21(2)8-6-17-29-18-7-19-30-24-11-15-28(16-12-24)25-22(3)20-27-13-9-23(10-14-27)26(4)5/h21-25H,6-20H2,1-5H3. The first kappa shape index (κ1) is 26.0. The molecule has 0 aromatic carbocycles. The van der Waals surface area contributed by atoms with Crippen LogP contribution in [0.5, 0.6) is 0 Å². The molecule has 178 valence electrons. The van der Waals surface area contributed by atoms with Crippen LogP contribution in [-0.4, -0.2) is 99.6 Å². The molecule has 1 N–H and O–H groups in total. The molecule has 1 unspecified atom stereocenters. The van der Waals surface area contributed by atoms with Gasteiger partial charge in [-0.25, -0.2) is 5.01 Å². The summed E-state index contributed by atoms with van der Waals surface area (Å²) in [6, 6.07) is 1.27. The molecule has 6 nitrogen and oxygen atoms in total. The molecule has 0 amide bonds. The van der Waals surface area contributed by atoms with Crippen LogP contribution in [0.3, 0.4) is 0 Å². The van der Waals surface area contributed by atoms with Crippen LogP contribution >= 0.6 is 0 Å². The average molecular weight is 427 g/mol. The van der Waals surface area contributed by atoms with Crippen molar-refractivity contribution < 1.29 is 9.47 Å². The van der Waals surface area contributed by atoms with Gasteiger partial charge in [0.05, 0.1) is 6.10 Å². The highest BCUT2D eigenvalue weighted by Crippen LogP contribution is 2.16. The van der Waals surface area contributed by atoms with Crippen LogP contribution in [0.2, 0.25) is 0 Å². The van der Waals surface area contributed by atoms with E-state index in [1.165, 1.54) is 38.8 Å². The number of hydrogen-bond acceptors (Lipinski definition) is 6. The highest BCUT2D eigenvalue weighted by molar-refractivity contribution is 4.79. The second-order valence-electron chi connectivity index (χ2n) is 10.1. The van der Waals surface area contributed by atoms with E-state index in [4.69, 9.17) is 9.47 Å². The molecule has 0 spiro atoms. The van der Waals surface area contributed by atoms with Gasteiger partial charge in [0.25, 0.3) is 0 Å². The van der Waals surface area contributed by atoms with Crippen molar-refractivity contribution in [2.24, 2.45) is 5.92 Å². The number of hydrazine groups is 1. The normalized spacial score (nSPS) is 21.7. The van der Waals surface area contributed by atoms with Crippen molar-refractivity contribution in [1.29, 1.82) is 0 Å². The van der Waals surface area contributed by atoms with Crippen molar-refractivity contribution in [2.75, 3.05) is 66.6 Å². The molecule has 0 bridgehead atoms. The molecule has 2 heterocycles. The van der Waals surface area contributed by atoms with E-state index in [1.807, 2.05) is 0 Å². The highest BCUT2D eigenvalue weighted by atomic mass is 16.5. The number of nitrogens with one attached hydrogen (secondary N) is 1. The van der Waals surface area contributed by atoms with Gasteiger partial charge in [-0.05, 0) is 85.0 Å². The number of nitrogens with zero attached hydrogens (tertiary/aromatic N) is 3. The largest absolute Gasteiger partial charge is 0.381 e. The number of piperidine rings is 2. The van der Waals surface area contributed by atoms with Gasteiger partial charge in [0.2, 0.25) is 0 Å². The van der Waals surface area contributed by atoms with Crippen LogP contribution in [0, 0.1) is 5.92 Å². The van der Waals surface area contributed by atoms with Crippen LogP contribution in [0.25, 0.3) is 0 Å². The number of ether oxygens (including phenoxy) is 2. The molecule has 0 radical (unpaired) electrons. The van der Waals surface area contributed by atoms with Crippen LogP contribution in [0.15, 0.2) is 0 Å². The van der Waals surface area contributed by atoms with E-state index >= 15 is 0 Å². The van der Waals surface area contributed by atoms with Crippen molar-refractivity contribution in [1.82, 2.24) is 20.2 Å². The Balaban J connectivity index is 1.46. The van der Waals surface area contributed by atoms with Gasteiger partial charge < -0.3 is 19.3 Å². The summed E-state index contributed by atoms with van der Waals surface area (Å²) in [6.45, 7) is 15.2. The Morgan fingerprint density at radius 3 is 2.20 bits per heavy atom. The summed E-state index contributed by atoms with van der Waals surface area (Å²) in [4.78, 5) is 5.00. The lowest BCUT2D eigenvalue weighted by Crippen LogP contribution is -2.53. The summed E-state index contributed by atoms with van der Waals surface area (Å²) in [5.74, 6) is 0.779. The van der Waals surface area contributed by atoms with Gasteiger partial charge in [-0.3, -0.25) is 5.43 Å². The fraction of sp³-hybridized carbons (Fsp3) is 1.00. The Morgan fingerprint density at radius 1 is 0.900 bits per heavy atom. The second-order valence-corrected chi connectivity index (χ2v) is 10.1. The molecule has 1 atom stereocenters. The third kappa shape index (κ3) is 10.9. The Labute approximate surface area is 186 Å². The summed E-state index contributed by atoms with van der Waals surface area (Å²) < 4.78 is 11.8. The molecule has 2 rings (SSSR count). The second kappa shape index (κ2) is 14.8. The molecule has 2 aliphatic rings. The zero-order valence-electron chi connectivity index (χ0n) is 20.6. The maximum atomic E-state index is 6.09. The molecular formula is C24H50N4O2. The van der Waals surface area contributed by atoms with Gasteiger partial charge in [0.15, 0.2) is 0 Å². The SMILES string of the molecule is CC(C)CCCOCCCOC1CCN(NC(C)CN2CCC(N(C)C)CC2)CC1. The van der Waals surface area contributed by atoms with Crippen LogP contribution in [-0.2, 0) is 9.47 Å². The molecule has 2 aliphatic heterocycles. The quantitative estimate of drug-likeness (QED) is 0.430. The Morgan fingerprint density at radius 2 is 1.57 bits per heavy atom. The number of rotatable bonds is 14. The minimum atomic E-state index is 0.421. The van der Waals surface area contributed by atoms with E-state index in [0.29, 0.717) is 12.1 Å². The van der Waals surface area contributed by atoms with Crippen molar-refractivity contribution >= 4 is 0 Å². The van der Waals surface area contributed by atoms with E-state index in [-0.39, 0.29) is 0 Å². The monoisotopic (exact) mass is 426 g/mol. The molecule has 2 saturated heterocycles. The molecule has 30 heavy (non-hydrogen) atoms. The molecule has 0 saturated carbocycles. The summed E-state index contributed by atoms with van der Waals surface area (Å²) >= 11 is 0. The summed E-state index contributed by atoms with van der Waals surface area (Å²) in [5.41, 5.74) is 3.73. The van der Waals surface area contributed by atoms with Gasteiger partial charge in [-0.2, -0.15) is 0 Å². The van der Waals surface area contributed by atoms with Gasteiger partial charge in [0, 0.05) is 51.5 Å². The highest BCUT2D eigenvalue weighted by Gasteiger charge is 2.24. The maximum absolute atomic E-state index is 6.09. The lowest BCUT2D eigenvalue weighted by molar-refractivity contribution is -0.0175. The third-order valence-corrected chi connectivity index (χ3v) is 6.52. The Bertz CT molecular complexity index is 419.